The largest absolute Gasteiger partial charge is 0.460 e. The van der Waals surface area contributed by atoms with Crippen LogP contribution in [-0.4, -0.2) is 68.1 Å². The Labute approximate surface area is 225 Å². The molecule has 3 N–H and O–H groups in total. The van der Waals surface area contributed by atoms with Gasteiger partial charge in [-0.25, -0.2) is 9.37 Å². The first-order chi connectivity index (χ1) is 18.7. The number of aliphatic hydroxyl groups is 1. The zero-order valence-corrected chi connectivity index (χ0v) is 22.2. The standard InChI is InChI=1S/C28H32FN7O3/c1-15-12-36(13-16(2)31-15)24-7-6-21(26-22(24)11-30-28(33-26)39-20-5-4-19(37)10-20)27(38)32-18-8-17-14-35(3)34-25(17)23(29)9-18/h6-9,11,14-16,19-20,31,37H,4-5,10,12-13H2,1-3H3,(H,32,38)/t15-,16-,19+,20+/m0/s1. The van der Waals surface area contributed by atoms with E-state index in [9.17, 15) is 14.3 Å². The minimum absolute atomic E-state index is 0.165. The van der Waals surface area contributed by atoms with E-state index in [2.05, 4.69) is 44.4 Å². The lowest BCUT2D eigenvalue weighted by Crippen LogP contribution is -2.54. The number of carbonyl (C=O) groups is 1. The zero-order chi connectivity index (χ0) is 27.3. The Morgan fingerprint density at radius 1 is 1.18 bits per heavy atom. The summed E-state index contributed by atoms with van der Waals surface area (Å²) in [5, 5.41) is 21.7. The van der Waals surface area contributed by atoms with Gasteiger partial charge in [0.1, 0.15) is 11.6 Å². The molecule has 4 atom stereocenters. The number of hydrogen-bond donors (Lipinski definition) is 3. The Kier molecular flexibility index (Phi) is 6.56. The monoisotopic (exact) mass is 533 g/mol. The number of ether oxygens (including phenoxy) is 1. The molecule has 1 aliphatic carbocycles. The fraction of sp³-hybridized carbons (Fsp3) is 0.429. The van der Waals surface area contributed by atoms with Crippen LogP contribution in [0.1, 0.15) is 43.5 Å². The van der Waals surface area contributed by atoms with Crippen LogP contribution in [0.3, 0.4) is 0 Å². The van der Waals surface area contributed by atoms with E-state index < -0.39 is 17.8 Å². The van der Waals surface area contributed by atoms with E-state index in [0.29, 0.717) is 47.1 Å². The second kappa shape index (κ2) is 10.0. The third-order valence-electron chi connectivity index (χ3n) is 7.41. The first-order valence-electron chi connectivity index (χ1n) is 13.3. The van der Waals surface area contributed by atoms with Crippen molar-refractivity contribution in [1.82, 2.24) is 25.1 Å². The van der Waals surface area contributed by atoms with Gasteiger partial charge >= 0.3 is 6.01 Å². The SMILES string of the molecule is C[C@H]1CN(c2ccc(C(=O)Nc3cc(F)c4nn(C)cc4c3)c3nc(O[C@@H]4CC[C@@H](O)C4)ncc23)C[C@H](C)N1. The number of fused-ring (bicyclic) bond motifs is 2. The molecule has 0 bridgehead atoms. The highest BCUT2D eigenvalue weighted by Gasteiger charge is 2.27. The highest BCUT2D eigenvalue weighted by molar-refractivity contribution is 6.14. The van der Waals surface area contributed by atoms with Crippen LogP contribution in [0.25, 0.3) is 21.8 Å². The number of aliphatic hydroxyl groups excluding tert-OH is 1. The molecule has 39 heavy (non-hydrogen) atoms. The van der Waals surface area contributed by atoms with E-state index in [4.69, 9.17) is 4.74 Å². The van der Waals surface area contributed by atoms with Crippen LogP contribution in [0.2, 0.25) is 0 Å². The summed E-state index contributed by atoms with van der Waals surface area (Å²) in [4.78, 5) is 25.0. The molecule has 1 amide bonds. The van der Waals surface area contributed by atoms with E-state index in [1.54, 1.807) is 31.6 Å². The van der Waals surface area contributed by atoms with Crippen molar-refractivity contribution >= 4 is 39.1 Å². The maximum Gasteiger partial charge on any atom is 0.317 e. The quantitative estimate of drug-likeness (QED) is 0.358. The smallest absolute Gasteiger partial charge is 0.317 e. The highest BCUT2D eigenvalue weighted by Crippen LogP contribution is 2.32. The van der Waals surface area contributed by atoms with Gasteiger partial charge in [-0.1, -0.05) is 0 Å². The molecule has 6 rings (SSSR count). The molecule has 2 aromatic carbocycles. The van der Waals surface area contributed by atoms with Crippen LogP contribution in [-0.2, 0) is 7.05 Å². The maximum absolute atomic E-state index is 14.7. The Hall–Kier alpha value is -3.83. The summed E-state index contributed by atoms with van der Waals surface area (Å²) in [5.41, 5.74) is 2.29. The lowest BCUT2D eigenvalue weighted by molar-refractivity contribution is 0.102. The van der Waals surface area contributed by atoms with Gasteiger partial charge in [0.05, 0.1) is 17.2 Å². The molecule has 11 heteroatoms. The Balaban J connectivity index is 1.38. The van der Waals surface area contributed by atoms with Gasteiger partial charge in [-0.2, -0.15) is 10.1 Å². The summed E-state index contributed by atoms with van der Waals surface area (Å²) in [6.07, 6.45) is 4.74. The summed E-state index contributed by atoms with van der Waals surface area (Å²) in [6, 6.07) is 7.38. The van der Waals surface area contributed by atoms with Gasteiger partial charge in [0.15, 0.2) is 5.82 Å². The first-order valence-corrected chi connectivity index (χ1v) is 13.3. The van der Waals surface area contributed by atoms with Crippen molar-refractivity contribution in [1.29, 1.82) is 0 Å². The molecule has 204 valence electrons. The first kappa shape index (κ1) is 25.4. The fourth-order valence-corrected chi connectivity index (χ4v) is 5.78. The average Bonchev–Trinajstić information content (AvgIpc) is 3.47. The predicted molar refractivity (Wildman–Crippen MR) is 147 cm³/mol. The van der Waals surface area contributed by atoms with Crippen molar-refractivity contribution in [3.8, 4) is 6.01 Å². The number of amides is 1. The van der Waals surface area contributed by atoms with Gasteiger partial charge in [-0.3, -0.25) is 9.48 Å². The third-order valence-corrected chi connectivity index (χ3v) is 7.41. The van der Waals surface area contributed by atoms with Crippen molar-refractivity contribution in [2.45, 2.75) is 57.4 Å². The zero-order valence-electron chi connectivity index (χ0n) is 22.2. The lowest BCUT2D eigenvalue weighted by atomic mass is 10.0. The normalized spacial score (nSPS) is 23.5. The highest BCUT2D eigenvalue weighted by atomic mass is 19.1. The summed E-state index contributed by atoms with van der Waals surface area (Å²) in [7, 11) is 1.72. The van der Waals surface area contributed by atoms with Gasteiger partial charge in [0.2, 0.25) is 0 Å². The van der Waals surface area contributed by atoms with E-state index in [1.807, 2.05) is 6.07 Å². The molecule has 4 aromatic rings. The Bertz CT molecular complexity index is 1550. The van der Waals surface area contributed by atoms with E-state index in [-0.39, 0.29) is 17.6 Å². The van der Waals surface area contributed by atoms with Crippen molar-refractivity contribution in [3.63, 3.8) is 0 Å². The van der Waals surface area contributed by atoms with E-state index in [0.717, 1.165) is 30.6 Å². The number of hydrogen-bond acceptors (Lipinski definition) is 8. The molecule has 0 spiro atoms. The van der Waals surface area contributed by atoms with Crippen LogP contribution >= 0.6 is 0 Å². The molecule has 10 nitrogen and oxygen atoms in total. The number of aromatic nitrogens is 4. The lowest BCUT2D eigenvalue weighted by Gasteiger charge is -2.38. The minimum atomic E-state index is -0.512. The molecule has 2 aromatic heterocycles. The topological polar surface area (TPSA) is 117 Å². The summed E-state index contributed by atoms with van der Waals surface area (Å²) < 4.78 is 22.2. The summed E-state index contributed by atoms with van der Waals surface area (Å²) in [5.74, 6) is -0.931. The number of halogens is 1. The van der Waals surface area contributed by atoms with Crippen molar-refractivity contribution in [2.75, 3.05) is 23.3 Å². The number of nitrogens with one attached hydrogen (secondary N) is 2. The van der Waals surface area contributed by atoms with Crippen molar-refractivity contribution in [3.05, 3.63) is 48.0 Å². The summed E-state index contributed by atoms with van der Waals surface area (Å²) >= 11 is 0. The number of piperazine rings is 1. The number of aryl methyl sites for hydroxylation is 1. The van der Waals surface area contributed by atoms with Crippen LogP contribution in [0.4, 0.5) is 15.8 Å². The van der Waals surface area contributed by atoms with Gasteiger partial charge in [-0.15, -0.1) is 0 Å². The minimum Gasteiger partial charge on any atom is -0.460 e. The molecular formula is C28H32FN7O3. The molecule has 0 unspecified atom stereocenters. The number of rotatable bonds is 5. The average molecular weight is 534 g/mol. The van der Waals surface area contributed by atoms with Crippen molar-refractivity contribution in [2.24, 2.45) is 7.05 Å². The Morgan fingerprint density at radius 3 is 2.72 bits per heavy atom. The molecule has 1 saturated carbocycles. The third kappa shape index (κ3) is 5.11. The second-order valence-corrected chi connectivity index (χ2v) is 10.8. The number of nitrogens with zero attached hydrogens (tertiary/aromatic N) is 5. The second-order valence-electron chi connectivity index (χ2n) is 10.8. The van der Waals surface area contributed by atoms with Crippen LogP contribution in [0, 0.1) is 5.82 Å². The molecular weight excluding hydrogens is 501 g/mol. The molecule has 3 heterocycles. The van der Waals surface area contributed by atoms with Gasteiger partial charge in [-0.05, 0) is 51.0 Å². The number of benzene rings is 2. The molecule has 1 aliphatic heterocycles. The van der Waals surface area contributed by atoms with Crippen LogP contribution in [0.15, 0.2) is 36.7 Å². The number of anilines is 2. The van der Waals surface area contributed by atoms with E-state index >= 15 is 0 Å². The van der Waals surface area contributed by atoms with Crippen LogP contribution in [0.5, 0.6) is 6.01 Å². The summed E-state index contributed by atoms with van der Waals surface area (Å²) in [6.45, 7) is 5.88. The van der Waals surface area contributed by atoms with Gasteiger partial charge in [0, 0.05) is 73.2 Å². The maximum atomic E-state index is 14.7. The Morgan fingerprint density at radius 2 is 1.97 bits per heavy atom. The van der Waals surface area contributed by atoms with Crippen molar-refractivity contribution < 1.29 is 19.0 Å². The van der Waals surface area contributed by atoms with E-state index in [1.165, 1.54) is 10.7 Å². The predicted octanol–water partition coefficient (Wildman–Crippen LogP) is 3.39. The molecule has 0 radical (unpaired) electrons. The molecule has 2 fully saturated rings. The fourth-order valence-electron chi connectivity index (χ4n) is 5.78. The van der Waals surface area contributed by atoms with Gasteiger partial charge in [0.25, 0.3) is 5.91 Å². The van der Waals surface area contributed by atoms with Crippen LogP contribution < -0.4 is 20.3 Å². The molecule has 2 aliphatic rings. The van der Waals surface area contributed by atoms with Gasteiger partial charge < -0.3 is 25.4 Å². The number of carbonyl (C=O) groups excluding carboxylic acids is 1. The molecule has 1 saturated heterocycles.